The van der Waals surface area contributed by atoms with Crippen molar-refractivity contribution in [1.82, 2.24) is 20.3 Å². The maximum atomic E-state index is 11.7. The standard InChI is InChI=1S/C17H17N5O3/c1-22-11-14(10-19-22)13-4-2-12(3-5-13)6-8-18-16(23)17(24)20-15-7-9-25-21-15/h2-5,7,9-11H,6,8H2,1H3,(H,18,23)(H,20,21,24). The van der Waals surface area contributed by atoms with Crippen molar-refractivity contribution < 1.29 is 14.1 Å². The van der Waals surface area contributed by atoms with Gasteiger partial charge in [-0.2, -0.15) is 5.10 Å². The number of benzene rings is 1. The van der Waals surface area contributed by atoms with Crippen LogP contribution in [0.25, 0.3) is 11.1 Å². The van der Waals surface area contributed by atoms with E-state index in [1.807, 2.05) is 43.7 Å². The lowest BCUT2D eigenvalue weighted by Gasteiger charge is -2.06. The third-order valence-corrected chi connectivity index (χ3v) is 3.58. The number of amides is 2. The van der Waals surface area contributed by atoms with Crippen molar-refractivity contribution in [2.75, 3.05) is 11.9 Å². The van der Waals surface area contributed by atoms with Crippen molar-refractivity contribution in [3.05, 3.63) is 54.6 Å². The minimum absolute atomic E-state index is 0.200. The molecule has 2 N–H and O–H groups in total. The summed E-state index contributed by atoms with van der Waals surface area (Å²) in [5.74, 6) is -1.29. The first-order valence-electron chi connectivity index (χ1n) is 7.69. The minimum Gasteiger partial charge on any atom is -0.363 e. The van der Waals surface area contributed by atoms with Gasteiger partial charge < -0.3 is 9.84 Å². The van der Waals surface area contributed by atoms with Gasteiger partial charge in [-0.25, -0.2) is 0 Å². The molecule has 3 rings (SSSR count). The Morgan fingerprint density at radius 1 is 1.12 bits per heavy atom. The van der Waals surface area contributed by atoms with Crippen LogP contribution in [0.5, 0.6) is 0 Å². The summed E-state index contributed by atoms with van der Waals surface area (Å²) in [5.41, 5.74) is 3.18. The zero-order chi connectivity index (χ0) is 17.6. The Morgan fingerprint density at radius 2 is 1.92 bits per heavy atom. The Labute approximate surface area is 143 Å². The number of carbonyl (C=O) groups is 2. The van der Waals surface area contributed by atoms with Gasteiger partial charge in [-0.05, 0) is 17.5 Å². The van der Waals surface area contributed by atoms with E-state index in [4.69, 9.17) is 0 Å². The zero-order valence-corrected chi connectivity index (χ0v) is 13.6. The molecule has 0 aliphatic heterocycles. The smallest absolute Gasteiger partial charge is 0.314 e. The van der Waals surface area contributed by atoms with Crippen LogP contribution in [0.4, 0.5) is 5.82 Å². The molecular weight excluding hydrogens is 322 g/mol. The second-order valence-corrected chi connectivity index (χ2v) is 5.44. The predicted octanol–water partition coefficient (Wildman–Crippen LogP) is 1.37. The van der Waals surface area contributed by atoms with Gasteiger partial charge in [0.1, 0.15) is 6.26 Å². The highest BCUT2D eigenvalue weighted by Gasteiger charge is 2.14. The van der Waals surface area contributed by atoms with Crippen molar-refractivity contribution >= 4 is 17.6 Å². The summed E-state index contributed by atoms with van der Waals surface area (Å²) in [4.78, 5) is 23.4. The van der Waals surface area contributed by atoms with E-state index in [2.05, 4.69) is 25.4 Å². The molecule has 0 atom stereocenters. The quantitative estimate of drug-likeness (QED) is 0.684. The molecule has 2 amide bonds. The normalized spacial score (nSPS) is 10.4. The summed E-state index contributed by atoms with van der Waals surface area (Å²) in [6.07, 6.45) is 5.68. The summed E-state index contributed by atoms with van der Waals surface area (Å²) >= 11 is 0. The van der Waals surface area contributed by atoms with Crippen molar-refractivity contribution in [3.8, 4) is 11.1 Å². The van der Waals surface area contributed by atoms with E-state index in [0.29, 0.717) is 13.0 Å². The van der Waals surface area contributed by atoms with Gasteiger partial charge in [0, 0.05) is 31.4 Å². The lowest BCUT2D eigenvalue weighted by Crippen LogP contribution is -2.36. The fourth-order valence-electron chi connectivity index (χ4n) is 2.28. The van der Waals surface area contributed by atoms with Gasteiger partial charge in [-0.3, -0.25) is 19.6 Å². The van der Waals surface area contributed by atoms with Gasteiger partial charge in [-0.15, -0.1) is 0 Å². The maximum Gasteiger partial charge on any atom is 0.314 e. The van der Waals surface area contributed by atoms with Crippen molar-refractivity contribution in [2.24, 2.45) is 7.05 Å². The van der Waals surface area contributed by atoms with E-state index < -0.39 is 11.8 Å². The summed E-state index contributed by atoms with van der Waals surface area (Å²) in [5, 5.41) is 12.6. The summed E-state index contributed by atoms with van der Waals surface area (Å²) < 4.78 is 6.33. The van der Waals surface area contributed by atoms with Crippen LogP contribution in [0.3, 0.4) is 0 Å². The van der Waals surface area contributed by atoms with Gasteiger partial charge in [0.05, 0.1) is 6.20 Å². The second kappa shape index (κ2) is 7.43. The van der Waals surface area contributed by atoms with E-state index in [9.17, 15) is 9.59 Å². The van der Waals surface area contributed by atoms with Gasteiger partial charge in [0.25, 0.3) is 0 Å². The number of carbonyl (C=O) groups excluding carboxylic acids is 2. The van der Waals surface area contributed by atoms with E-state index in [1.54, 1.807) is 4.68 Å². The van der Waals surface area contributed by atoms with Gasteiger partial charge in [0.2, 0.25) is 0 Å². The van der Waals surface area contributed by atoms with Crippen LogP contribution in [-0.2, 0) is 23.1 Å². The summed E-state index contributed by atoms with van der Waals surface area (Å²) in [6, 6.07) is 9.44. The summed E-state index contributed by atoms with van der Waals surface area (Å²) in [7, 11) is 1.87. The molecule has 8 heteroatoms. The monoisotopic (exact) mass is 339 g/mol. The number of hydrogen-bond acceptors (Lipinski definition) is 5. The Morgan fingerprint density at radius 3 is 2.56 bits per heavy atom. The topological polar surface area (TPSA) is 102 Å². The largest absolute Gasteiger partial charge is 0.363 e. The Kier molecular flexibility index (Phi) is 4.89. The number of nitrogens with one attached hydrogen (secondary N) is 2. The van der Waals surface area contributed by atoms with Crippen LogP contribution in [0.1, 0.15) is 5.56 Å². The lowest BCUT2D eigenvalue weighted by atomic mass is 10.1. The minimum atomic E-state index is -0.777. The molecule has 0 spiro atoms. The molecule has 0 radical (unpaired) electrons. The molecule has 0 bridgehead atoms. The van der Waals surface area contributed by atoms with E-state index >= 15 is 0 Å². The van der Waals surface area contributed by atoms with Crippen LogP contribution < -0.4 is 10.6 Å². The fraction of sp³-hybridized carbons (Fsp3) is 0.176. The molecule has 0 aliphatic rings. The molecule has 0 unspecified atom stereocenters. The third-order valence-electron chi connectivity index (χ3n) is 3.58. The fourth-order valence-corrected chi connectivity index (χ4v) is 2.28. The molecule has 1 aromatic carbocycles. The number of anilines is 1. The van der Waals surface area contributed by atoms with Crippen LogP contribution in [0, 0.1) is 0 Å². The van der Waals surface area contributed by atoms with E-state index in [1.165, 1.54) is 12.3 Å². The third kappa shape index (κ3) is 4.31. The first-order valence-corrected chi connectivity index (χ1v) is 7.69. The SMILES string of the molecule is Cn1cc(-c2ccc(CCNC(=O)C(=O)Nc3ccon3)cc2)cn1. The Bertz CT molecular complexity index is 853. The highest BCUT2D eigenvalue weighted by atomic mass is 16.5. The molecule has 0 fully saturated rings. The molecule has 2 aromatic heterocycles. The molecule has 0 aliphatic carbocycles. The maximum absolute atomic E-state index is 11.7. The molecule has 3 aromatic rings. The lowest BCUT2D eigenvalue weighted by molar-refractivity contribution is -0.136. The first kappa shape index (κ1) is 16.4. The second-order valence-electron chi connectivity index (χ2n) is 5.44. The molecule has 25 heavy (non-hydrogen) atoms. The van der Waals surface area contributed by atoms with Crippen LogP contribution in [0.15, 0.2) is 53.5 Å². The number of nitrogens with zero attached hydrogens (tertiary/aromatic N) is 3. The van der Waals surface area contributed by atoms with Crippen LogP contribution in [0.2, 0.25) is 0 Å². The number of aromatic nitrogens is 3. The van der Waals surface area contributed by atoms with Crippen LogP contribution >= 0.6 is 0 Å². The molecule has 128 valence electrons. The molecule has 0 saturated carbocycles. The number of rotatable bonds is 5. The predicted molar refractivity (Wildman–Crippen MR) is 90.5 cm³/mol. The van der Waals surface area contributed by atoms with Crippen molar-refractivity contribution in [3.63, 3.8) is 0 Å². The van der Waals surface area contributed by atoms with Gasteiger partial charge >= 0.3 is 11.8 Å². The van der Waals surface area contributed by atoms with Gasteiger partial charge in [0.15, 0.2) is 5.82 Å². The van der Waals surface area contributed by atoms with Crippen molar-refractivity contribution in [1.29, 1.82) is 0 Å². The van der Waals surface area contributed by atoms with E-state index in [0.717, 1.165) is 16.7 Å². The Balaban J connectivity index is 1.47. The average Bonchev–Trinajstić information content (AvgIpc) is 3.27. The highest BCUT2D eigenvalue weighted by molar-refractivity contribution is 6.39. The molecule has 0 saturated heterocycles. The van der Waals surface area contributed by atoms with Crippen molar-refractivity contribution in [2.45, 2.75) is 6.42 Å². The average molecular weight is 339 g/mol. The molecule has 2 heterocycles. The van der Waals surface area contributed by atoms with Crippen LogP contribution in [-0.4, -0.2) is 33.3 Å². The molecular formula is C17H17N5O3. The Hall–Kier alpha value is -3.42. The van der Waals surface area contributed by atoms with Gasteiger partial charge in [-0.1, -0.05) is 29.4 Å². The highest BCUT2D eigenvalue weighted by Crippen LogP contribution is 2.18. The number of aryl methyl sites for hydroxylation is 1. The molecule has 8 nitrogen and oxygen atoms in total. The van der Waals surface area contributed by atoms with E-state index in [-0.39, 0.29) is 5.82 Å². The zero-order valence-electron chi connectivity index (χ0n) is 13.6. The number of hydrogen-bond donors (Lipinski definition) is 2. The first-order chi connectivity index (χ1) is 12.1. The summed E-state index contributed by atoms with van der Waals surface area (Å²) in [6.45, 7) is 0.358.